The van der Waals surface area contributed by atoms with E-state index in [2.05, 4.69) is 34.1 Å². The van der Waals surface area contributed by atoms with Gasteiger partial charge in [-0.25, -0.2) is 0 Å². The number of carbonyl (C=O) groups excluding carboxylic acids is 2. The van der Waals surface area contributed by atoms with Crippen LogP contribution in [-0.4, -0.2) is 95.7 Å². The SMILES string of the molecule is CC(=O)N1CCN(c2ccc3c(c2)OC(C)(C)CN(C[C@H](O)CN2CCc4ccccc4C2)C3=O)CC1. The second-order valence-corrected chi connectivity index (χ2v) is 11.1. The number of benzene rings is 2. The highest BCUT2D eigenvalue weighted by Gasteiger charge is 2.35. The van der Waals surface area contributed by atoms with Crippen molar-refractivity contribution in [2.75, 3.05) is 57.3 Å². The Balaban J connectivity index is 1.26. The molecule has 1 fully saturated rings. The van der Waals surface area contributed by atoms with Crippen LogP contribution in [0.4, 0.5) is 5.69 Å². The molecule has 3 heterocycles. The number of aliphatic hydroxyl groups excluding tert-OH is 1. The van der Waals surface area contributed by atoms with E-state index in [1.165, 1.54) is 11.1 Å². The summed E-state index contributed by atoms with van der Waals surface area (Å²) in [5.74, 6) is 0.562. The maximum Gasteiger partial charge on any atom is 0.257 e. The molecule has 2 aromatic carbocycles. The van der Waals surface area contributed by atoms with Crippen LogP contribution in [0.25, 0.3) is 0 Å². The predicted molar refractivity (Wildman–Crippen MR) is 143 cm³/mol. The Morgan fingerprint density at radius 1 is 1.03 bits per heavy atom. The largest absolute Gasteiger partial charge is 0.485 e. The second kappa shape index (κ2) is 10.3. The maximum absolute atomic E-state index is 13.6. The minimum absolute atomic E-state index is 0.102. The van der Waals surface area contributed by atoms with Crippen LogP contribution in [0.2, 0.25) is 0 Å². The van der Waals surface area contributed by atoms with Crippen molar-refractivity contribution in [3.63, 3.8) is 0 Å². The van der Waals surface area contributed by atoms with E-state index in [1.807, 2.05) is 36.9 Å². The Morgan fingerprint density at radius 2 is 1.76 bits per heavy atom. The fraction of sp³-hybridized carbons (Fsp3) is 0.517. The Bertz CT molecular complexity index is 1160. The highest BCUT2D eigenvalue weighted by Crippen LogP contribution is 2.33. The fourth-order valence-corrected chi connectivity index (χ4v) is 5.75. The molecule has 5 rings (SSSR count). The molecule has 1 N–H and O–H groups in total. The number of rotatable bonds is 5. The van der Waals surface area contributed by atoms with E-state index in [-0.39, 0.29) is 18.4 Å². The number of aliphatic hydroxyl groups is 1. The zero-order chi connectivity index (χ0) is 26.2. The molecule has 0 aliphatic carbocycles. The third-order valence-corrected chi connectivity index (χ3v) is 7.64. The van der Waals surface area contributed by atoms with Gasteiger partial charge in [-0.15, -0.1) is 0 Å². The lowest BCUT2D eigenvalue weighted by atomic mass is 9.99. The Labute approximate surface area is 219 Å². The van der Waals surface area contributed by atoms with Gasteiger partial charge >= 0.3 is 0 Å². The van der Waals surface area contributed by atoms with Gasteiger partial charge in [-0.1, -0.05) is 24.3 Å². The number of piperazine rings is 1. The van der Waals surface area contributed by atoms with Crippen molar-refractivity contribution in [2.24, 2.45) is 0 Å². The molecule has 8 heteroatoms. The number of amides is 2. The van der Waals surface area contributed by atoms with Crippen molar-refractivity contribution in [2.45, 2.75) is 45.4 Å². The maximum atomic E-state index is 13.6. The third-order valence-electron chi connectivity index (χ3n) is 7.64. The molecule has 2 aromatic rings. The van der Waals surface area contributed by atoms with Crippen LogP contribution in [0.5, 0.6) is 5.75 Å². The van der Waals surface area contributed by atoms with Crippen molar-refractivity contribution in [3.8, 4) is 5.75 Å². The molecule has 3 aliphatic rings. The average Bonchev–Trinajstić information content (AvgIpc) is 2.96. The zero-order valence-corrected chi connectivity index (χ0v) is 22.2. The Morgan fingerprint density at radius 3 is 2.49 bits per heavy atom. The minimum atomic E-state index is -0.650. The number of β-amino-alcohol motifs (C(OH)–C–C–N with tert-alkyl or cyclic N) is 1. The van der Waals surface area contributed by atoms with Crippen LogP contribution in [-0.2, 0) is 17.8 Å². The molecule has 3 aliphatic heterocycles. The molecule has 0 radical (unpaired) electrons. The van der Waals surface area contributed by atoms with Crippen molar-refractivity contribution < 1.29 is 19.4 Å². The molecule has 0 bridgehead atoms. The zero-order valence-electron chi connectivity index (χ0n) is 22.2. The second-order valence-electron chi connectivity index (χ2n) is 11.1. The fourth-order valence-electron chi connectivity index (χ4n) is 5.75. The number of hydrogen-bond acceptors (Lipinski definition) is 6. The topological polar surface area (TPSA) is 76.6 Å². The first-order valence-electron chi connectivity index (χ1n) is 13.3. The predicted octanol–water partition coefficient (Wildman–Crippen LogP) is 2.39. The first kappa shape index (κ1) is 25.5. The molecular formula is C29H38N4O4. The molecule has 0 unspecified atom stereocenters. The van der Waals surface area contributed by atoms with E-state index in [4.69, 9.17) is 4.74 Å². The third kappa shape index (κ3) is 5.75. The van der Waals surface area contributed by atoms with Gasteiger partial charge in [-0.3, -0.25) is 14.5 Å². The summed E-state index contributed by atoms with van der Waals surface area (Å²) < 4.78 is 6.36. The highest BCUT2D eigenvalue weighted by atomic mass is 16.5. The van der Waals surface area contributed by atoms with Crippen molar-refractivity contribution in [1.82, 2.24) is 14.7 Å². The van der Waals surface area contributed by atoms with Crippen LogP contribution < -0.4 is 9.64 Å². The smallest absolute Gasteiger partial charge is 0.257 e. The van der Waals surface area contributed by atoms with Crippen LogP contribution in [0.15, 0.2) is 42.5 Å². The van der Waals surface area contributed by atoms with Gasteiger partial charge < -0.3 is 24.5 Å². The molecule has 0 spiro atoms. The number of ether oxygens (including phenoxy) is 1. The quantitative estimate of drug-likeness (QED) is 0.671. The summed E-state index contributed by atoms with van der Waals surface area (Å²) in [5, 5.41) is 11.0. The van der Waals surface area contributed by atoms with Gasteiger partial charge in [0.15, 0.2) is 0 Å². The van der Waals surface area contributed by atoms with Gasteiger partial charge in [0.2, 0.25) is 5.91 Å². The van der Waals surface area contributed by atoms with Crippen LogP contribution in [0.3, 0.4) is 0 Å². The number of hydrogen-bond donors (Lipinski definition) is 1. The molecular weight excluding hydrogens is 468 g/mol. The van der Waals surface area contributed by atoms with Crippen molar-refractivity contribution in [3.05, 3.63) is 59.2 Å². The minimum Gasteiger partial charge on any atom is -0.485 e. The van der Waals surface area contributed by atoms with Gasteiger partial charge in [-0.05, 0) is 43.5 Å². The summed E-state index contributed by atoms with van der Waals surface area (Å²) in [6, 6.07) is 14.2. The first-order valence-corrected chi connectivity index (χ1v) is 13.3. The molecule has 2 amide bonds. The van der Waals surface area contributed by atoms with Gasteiger partial charge in [-0.2, -0.15) is 0 Å². The molecule has 8 nitrogen and oxygen atoms in total. The van der Waals surface area contributed by atoms with E-state index < -0.39 is 11.7 Å². The summed E-state index contributed by atoms with van der Waals surface area (Å²) in [6.45, 7) is 11.3. The summed E-state index contributed by atoms with van der Waals surface area (Å²) in [7, 11) is 0. The monoisotopic (exact) mass is 506 g/mol. The summed E-state index contributed by atoms with van der Waals surface area (Å²) in [6.07, 6.45) is 0.328. The number of anilines is 1. The summed E-state index contributed by atoms with van der Waals surface area (Å²) in [4.78, 5) is 33.3. The summed E-state index contributed by atoms with van der Waals surface area (Å²) in [5.41, 5.74) is 3.61. The lowest BCUT2D eigenvalue weighted by Gasteiger charge is -2.36. The molecule has 0 saturated carbocycles. The van der Waals surface area contributed by atoms with Crippen LogP contribution in [0, 0.1) is 0 Å². The molecule has 37 heavy (non-hydrogen) atoms. The van der Waals surface area contributed by atoms with Crippen LogP contribution >= 0.6 is 0 Å². The van der Waals surface area contributed by atoms with Crippen molar-refractivity contribution >= 4 is 17.5 Å². The summed E-state index contributed by atoms with van der Waals surface area (Å²) >= 11 is 0. The van der Waals surface area contributed by atoms with Gasteiger partial charge in [0.25, 0.3) is 5.91 Å². The lowest BCUT2D eigenvalue weighted by molar-refractivity contribution is -0.129. The Hall–Kier alpha value is -3.10. The standard InChI is InChI=1S/C29H38N4O4/c1-21(34)31-12-14-32(15-13-31)24-8-9-26-27(16-24)37-29(2,3)20-33(28(26)36)19-25(35)18-30-11-10-22-6-4-5-7-23(22)17-30/h4-9,16,25,35H,10-15,17-20H2,1-3H3/t25-/m1/s1. The van der Waals surface area contributed by atoms with E-state index in [9.17, 15) is 14.7 Å². The van der Waals surface area contributed by atoms with Crippen LogP contribution in [0.1, 0.15) is 42.3 Å². The number of nitrogens with zero attached hydrogens (tertiary/aromatic N) is 4. The Kier molecular flexibility index (Phi) is 7.14. The average molecular weight is 507 g/mol. The molecule has 1 saturated heterocycles. The van der Waals surface area contributed by atoms with E-state index in [1.54, 1.807) is 11.8 Å². The van der Waals surface area contributed by atoms with E-state index in [0.29, 0.717) is 37.5 Å². The highest BCUT2D eigenvalue weighted by molar-refractivity contribution is 5.98. The van der Waals surface area contributed by atoms with Gasteiger partial charge in [0, 0.05) is 71.0 Å². The normalized spacial score (nSPS) is 20.5. The van der Waals surface area contributed by atoms with Gasteiger partial charge in [0.05, 0.1) is 18.2 Å². The van der Waals surface area contributed by atoms with E-state index in [0.717, 1.165) is 38.3 Å². The molecule has 0 aromatic heterocycles. The molecule has 1 atom stereocenters. The van der Waals surface area contributed by atoms with Gasteiger partial charge in [0.1, 0.15) is 11.4 Å². The van der Waals surface area contributed by atoms with E-state index >= 15 is 0 Å². The number of fused-ring (bicyclic) bond motifs is 2. The first-order chi connectivity index (χ1) is 17.7. The molecule has 198 valence electrons. The number of carbonyl (C=O) groups is 2. The van der Waals surface area contributed by atoms with Crippen molar-refractivity contribution in [1.29, 1.82) is 0 Å². The lowest BCUT2D eigenvalue weighted by Crippen LogP contribution is -2.48.